The van der Waals surface area contributed by atoms with Crippen LogP contribution in [0.15, 0.2) is 35.4 Å². The molecule has 28 heavy (non-hydrogen) atoms. The lowest BCUT2D eigenvalue weighted by molar-refractivity contribution is -0.119. The molecule has 2 aliphatic rings. The number of nitrogens with zero attached hydrogens (tertiary/aromatic N) is 3. The standard InChI is InChI=1S/C21H26N4O3/c1-3-16(12-22)17-8-10-24(11-9-17)18-4-6-19(7-5-18)25-14-20(28-21(25)27)13-23-15(2)26/h4-7,20H,3,8-11,13-14H2,1-2H3,(H,23,26). The van der Waals surface area contributed by atoms with Gasteiger partial charge in [-0.25, -0.2) is 4.79 Å². The topological polar surface area (TPSA) is 85.7 Å². The van der Waals surface area contributed by atoms with E-state index in [0.29, 0.717) is 13.1 Å². The molecular formula is C21H26N4O3. The van der Waals surface area contributed by atoms with Crippen molar-refractivity contribution in [3.05, 3.63) is 35.4 Å². The number of amides is 2. The van der Waals surface area contributed by atoms with Gasteiger partial charge in [0.15, 0.2) is 0 Å². The smallest absolute Gasteiger partial charge is 0.414 e. The summed E-state index contributed by atoms with van der Waals surface area (Å²) in [5.74, 6) is -0.140. The number of piperidine rings is 1. The van der Waals surface area contributed by atoms with E-state index in [2.05, 4.69) is 16.3 Å². The molecule has 1 aromatic rings. The SMILES string of the molecule is CCC(C#N)=C1CCN(c2ccc(N3CC(CNC(C)=O)OC3=O)cc2)CC1. The van der Waals surface area contributed by atoms with Crippen LogP contribution in [0.5, 0.6) is 0 Å². The first kappa shape index (κ1) is 19.7. The third-order valence-electron chi connectivity index (χ3n) is 5.26. The molecule has 2 aliphatic heterocycles. The second-order valence-electron chi connectivity index (χ2n) is 7.10. The summed E-state index contributed by atoms with van der Waals surface area (Å²) in [6, 6.07) is 10.2. The molecule has 1 aromatic carbocycles. The summed E-state index contributed by atoms with van der Waals surface area (Å²) in [6.07, 6.45) is 1.91. The molecule has 2 heterocycles. The average Bonchev–Trinajstić information content (AvgIpc) is 3.09. The largest absolute Gasteiger partial charge is 0.442 e. The minimum Gasteiger partial charge on any atom is -0.442 e. The molecule has 2 amide bonds. The minimum atomic E-state index is -0.389. The van der Waals surface area contributed by atoms with E-state index in [1.165, 1.54) is 12.5 Å². The Morgan fingerprint density at radius 2 is 1.89 bits per heavy atom. The average molecular weight is 382 g/mol. The lowest BCUT2D eigenvalue weighted by Gasteiger charge is -2.31. The quantitative estimate of drug-likeness (QED) is 0.791. The molecule has 0 aromatic heterocycles. The van der Waals surface area contributed by atoms with Crippen LogP contribution in [0.4, 0.5) is 16.2 Å². The van der Waals surface area contributed by atoms with Crippen molar-refractivity contribution in [2.45, 2.75) is 39.2 Å². The molecule has 0 bridgehead atoms. The van der Waals surface area contributed by atoms with Crippen molar-refractivity contribution in [1.29, 1.82) is 5.26 Å². The number of anilines is 2. The van der Waals surface area contributed by atoms with Crippen LogP contribution in [-0.4, -0.2) is 44.3 Å². The lowest BCUT2D eigenvalue weighted by Crippen LogP contribution is -2.33. The van der Waals surface area contributed by atoms with E-state index >= 15 is 0 Å². The van der Waals surface area contributed by atoms with Gasteiger partial charge in [-0.05, 0) is 43.5 Å². The highest BCUT2D eigenvalue weighted by molar-refractivity contribution is 5.90. The zero-order valence-electron chi connectivity index (χ0n) is 16.4. The molecule has 0 aliphatic carbocycles. The molecule has 3 rings (SSSR count). The number of carbonyl (C=O) groups excluding carboxylic acids is 2. The number of carbonyl (C=O) groups is 2. The first-order valence-corrected chi connectivity index (χ1v) is 9.70. The van der Waals surface area contributed by atoms with E-state index in [1.807, 2.05) is 31.2 Å². The van der Waals surface area contributed by atoms with Gasteiger partial charge in [-0.15, -0.1) is 0 Å². The first-order chi connectivity index (χ1) is 13.5. The zero-order valence-corrected chi connectivity index (χ0v) is 16.4. The molecule has 7 heteroatoms. The van der Waals surface area contributed by atoms with Crippen molar-refractivity contribution in [3.63, 3.8) is 0 Å². The lowest BCUT2D eigenvalue weighted by atomic mass is 9.97. The molecule has 1 N–H and O–H groups in total. The molecule has 2 fully saturated rings. The van der Waals surface area contributed by atoms with Crippen molar-refractivity contribution in [1.82, 2.24) is 5.32 Å². The molecule has 0 saturated carbocycles. The third kappa shape index (κ3) is 4.45. The Kier molecular flexibility index (Phi) is 6.19. The van der Waals surface area contributed by atoms with Crippen LogP contribution in [0.3, 0.4) is 0 Å². The van der Waals surface area contributed by atoms with Gasteiger partial charge in [-0.2, -0.15) is 5.26 Å². The van der Waals surface area contributed by atoms with Crippen molar-refractivity contribution in [2.24, 2.45) is 0 Å². The Morgan fingerprint density at radius 3 is 2.46 bits per heavy atom. The fourth-order valence-electron chi connectivity index (χ4n) is 3.68. The van der Waals surface area contributed by atoms with E-state index in [1.54, 1.807) is 4.90 Å². The molecule has 1 unspecified atom stereocenters. The van der Waals surface area contributed by atoms with Crippen LogP contribution in [0, 0.1) is 11.3 Å². The third-order valence-corrected chi connectivity index (χ3v) is 5.26. The fraction of sp³-hybridized carbons (Fsp3) is 0.476. The van der Waals surface area contributed by atoms with Crippen LogP contribution < -0.4 is 15.1 Å². The van der Waals surface area contributed by atoms with Crippen molar-refractivity contribution < 1.29 is 14.3 Å². The van der Waals surface area contributed by atoms with Crippen LogP contribution in [0.25, 0.3) is 0 Å². The van der Waals surface area contributed by atoms with Gasteiger partial charge < -0.3 is 15.0 Å². The summed E-state index contributed by atoms with van der Waals surface area (Å²) in [5.41, 5.74) is 4.11. The molecule has 0 spiro atoms. The van der Waals surface area contributed by atoms with E-state index in [0.717, 1.165) is 49.3 Å². The van der Waals surface area contributed by atoms with E-state index in [-0.39, 0.29) is 18.1 Å². The van der Waals surface area contributed by atoms with E-state index in [9.17, 15) is 14.9 Å². The second kappa shape index (κ2) is 8.79. The van der Waals surface area contributed by atoms with Gasteiger partial charge in [0.2, 0.25) is 5.91 Å². The molecule has 0 radical (unpaired) electrons. The molecule has 7 nitrogen and oxygen atoms in total. The van der Waals surface area contributed by atoms with E-state index < -0.39 is 0 Å². The number of ether oxygens (including phenoxy) is 1. The minimum absolute atomic E-state index is 0.140. The monoisotopic (exact) mass is 382 g/mol. The fourth-order valence-corrected chi connectivity index (χ4v) is 3.68. The maximum absolute atomic E-state index is 12.1. The van der Waals surface area contributed by atoms with E-state index in [4.69, 9.17) is 4.74 Å². The summed E-state index contributed by atoms with van der Waals surface area (Å²) >= 11 is 0. The highest BCUT2D eigenvalue weighted by Crippen LogP contribution is 2.28. The normalized spacial score (nSPS) is 19.2. The number of rotatable bonds is 5. The van der Waals surface area contributed by atoms with Crippen LogP contribution in [0.1, 0.15) is 33.1 Å². The van der Waals surface area contributed by atoms with Gasteiger partial charge >= 0.3 is 6.09 Å². The Balaban J connectivity index is 1.60. The number of nitrogens with one attached hydrogen (secondary N) is 1. The number of nitriles is 1. The summed E-state index contributed by atoms with van der Waals surface area (Å²) < 4.78 is 5.31. The Hall–Kier alpha value is -3.01. The Labute approximate surface area is 165 Å². The van der Waals surface area contributed by atoms with Gasteiger partial charge in [0, 0.05) is 37.0 Å². The van der Waals surface area contributed by atoms with Crippen LogP contribution in [0.2, 0.25) is 0 Å². The van der Waals surface area contributed by atoms with Gasteiger partial charge in [0.05, 0.1) is 19.2 Å². The van der Waals surface area contributed by atoms with Crippen molar-refractivity contribution in [3.8, 4) is 6.07 Å². The second-order valence-corrected chi connectivity index (χ2v) is 7.10. The highest BCUT2D eigenvalue weighted by Gasteiger charge is 2.32. The number of allylic oxidation sites excluding steroid dienone is 1. The maximum atomic E-state index is 12.1. The highest BCUT2D eigenvalue weighted by atomic mass is 16.6. The summed E-state index contributed by atoms with van der Waals surface area (Å²) in [6.45, 7) is 6.00. The van der Waals surface area contributed by atoms with Crippen molar-refractivity contribution in [2.75, 3.05) is 36.0 Å². The van der Waals surface area contributed by atoms with Crippen LogP contribution >= 0.6 is 0 Å². The van der Waals surface area contributed by atoms with Gasteiger partial charge in [-0.1, -0.05) is 12.5 Å². The van der Waals surface area contributed by atoms with Gasteiger partial charge in [0.25, 0.3) is 0 Å². The summed E-state index contributed by atoms with van der Waals surface area (Å²) in [7, 11) is 0. The molecule has 1 atom stereocenters. The summed E-state index contributed by atoms with van der Waals surface area (Å²) in [4.78, 5) is 27.0. The molecular weight excluding hydrogens is 356 g/mol. The van der Waals surface area contributed by atoms with Crippen LogP contribution in [-0.2, 0) is 9.53 Å². The number of hydrogen-bond acceptors (Lipinski definition) is 5. The molecule has 2 saturated heterocycles. The van der Waals surface area contributed by atoms with Gasteiger partial charge in [0.1, 0.15) is 6.10 Å². The van der Waals surface area contributed by atoms with Gasteiger partial charge in [-0.3, -0.25) is 9.69 Å². The zero-order chi connectivity index (χ0) is 20.1. The predicted molar refractivity (Wildman–Crippen MR) is 107 cm³/mol. The first-order valence-electron chi connectivity index (χ1n) is 9.70. The Morgan fingerprint density at radius 1 is 1.25 bits per heavy atom. The number of hydrogen-bond donors (Lipinski definition) is 1. The molecule has 148 valence electrons. The number of benzene rings is 1. The predicted octanol–water partition coefficient (Wildman–Crippen LogP) is 2.98. The van der Waals surface area contributed by atoms with Crippen molar-refractivity contribution >= 4 is 23.4 Å². The number of cyclic esters (lactones) is 1. The Bertz CT molecular complexity index is 800. The summed E-state index contributed by atoms with van der Waals surface area (Å²) in [5, 5.41) is 11.9. The maximum Gasteiger partial charge on any atom is 0.414 e.